The van der Waals surface area contributed by atoms with Gasteiger partial charge < -0.3 is 10.6 Å². The Morgan fingerprint density at radius 3 is 2.88 bits per heavy atom. The van der Waals surface area contributed by atoms with E-state index in [1.165, 1.54) is 12.8 Å². The van der Waals surface area contributed by atoms with Gasteiger partial charge in [-0.3, -0.25) is 9.00 Å². The molecule has 0 aromatic heterocycles. The highest BCUT2D eigenvalue weighted by Gasteiger charge is 2.16. The van der Waals surface area contributed by atoms with E-state index in [0.717, 1.165) is 19.4 Å². The van der Waals surface area contributed by atoms with E-state index in [0.29, 0.717) is 19.0 Å². The Morgan fingerprint density at radius 1 is 1.53 bits per heavy atom. The van der Waals surface area contributed by atoms with Crippen LogP contribution < -0.4 is 10.6 Å². The van der Waals surface area contributed by atoms with Crippen LogP contribution in [0.3, 0.4) is 0 Å². The van der Waals surface area contributed by atoms with E-state index in [-0.39, 0.29) is 11.2 Å². The van der Waals surface area contributed by atoms with E-state index in [9.17, 15) is 9.00 Å². The zero-order valence-electron chi connectivity index (χ0n) is 10.8. The SMILES string of the molecule is CC(CCNC(=O)CC1CCCCN1)S(C)=O. The lowest BCUT2D eigenvalue weighted by Gasteiger charge is -2.22. The number of amides is 1. The second kappa shape index (κ2) is 7.82. The van der Waals surface area contributed by atoms with Crippen LogP contribution in [-0.4, -0.2) is 40.8 Å². The van der Waals surface area contributed by atoms with Gasteiger partial charge >= 0.3 is 0 Å². The molecule has 1 amide bonds. The Hall–Kier alpha value is -0.420. The fourth-order valence-electron chi connectivity index (χ4n) is 1.97. The molecule has 2 N–H and O–H groups in total. The number of hydrogen-bond acceptors (Lipinski definition) is 3. The van der Waals surface area contributed by atoms with Crippen molar-refractivity contribution in [2.45, 2.75) is 50.3 Å². The molecule has 1 fully saturated rings. The van der Waals surface area contributed by atoms with Crippen LogP contribution in [0.1, 0.15) is 39.0 Å². The molecular formula is C12H24N2O2S. The maximum absolute atomic E-state index is 11.6. The predicted molar refractivity (Wildman–Crippen MR) is 71.4 cm³/mol. The van der Waals surface area contributed by atoms with Gasteiger partial charge in [-0.1, -0.05) is 13.3 Å². The van der Waals surface area contributed by atoms with Crippen molar-refractivity contribution in [2.24, 2.45) is 0 Å². The molecule has 17 heavy (non-hydrogen) atoms. The standard InChI is InChI=1S/C12H24N2O2S/c1-10(17(2)16)6-8-14-12(15)9-11-5-3-4-7-13-11/h10-11,13H,3-9H2,1-2H3,(H,14,15). The first kappa shape index (κ1) is 14.6. The summed E-state index contributed by atoms with van der Waals surface area (Å²) in [5.41, 5.74) is 0. The average molecular weight is 260 g/mol. The predicted octanol–water partition coefficient (Wildman–Crippen LogP) is 0.792. The van der Waals surface area contributed by atoms with E-state index in [2.05, 4.69) is 10.6 Å². The third-order valence-corrected chi connectivity index (χ3v) is 4.65. The topological polar surface area (TPSA) is 58.2 Å². The minimum Gasteiger partial charge on any atom is -0.356 e. The summed E-state index contributed by atoms with van der Waals surface area (Å²) in [5, 5.41) is 6.42. The maximum atomic E-state index is 11.6. The molecule has 5 heteroatoms. The summed E-state index contributed by atoms with van der Waals surface area (Å²) in [6.07, 6.45) is 6.60. The molecule has 0 bridgehead atoms. The van der Waals surface area contributed by atoms with Gasteiger partial charge in [-0.2, -0.15) is 0 Å². The molecule has 0 spiro atoms. The lowest BCUT2D eigenvalue weighted by molar-refractivity contribution is -0.121. The second-order valence-electron chi connectivity index (χ2n) is 4.80. The number of rotatable bonds is 6. The van der Waals surface area contributed by atoms with Crippen LogP contribution in [0.4, 0.5) is 0 Å². The Morgan fingerprint density at radius 2 is 2.29 bits per heavy atom. The quantitative estimate of drug-likeness (QED) is 0.742. The van der Waals surface area contributed by atoms with Gasteiger partial charge in [0.05, 0.1) is 0 Å². The van der Waals surface area contributed by atoms with Crippen molar-refractivity contribution in [1.29, 1.82) is 0 Å². The van der Waals surface area contributed by atoms with E-state index < -0.39 is 10.8 Å². The monoisotopic (exact) mass is 260 g/mol. The molecule has 0 aromatic rings. The van der Waals surface area contributed by atoms with Crippen LogP contribution in [0.15, 0.2) is 0 Å². The minimum absolute atomic E-state index is 0.110. The number of hydrogen-bond donors (Lipinski definition) is 2. The van der Waals surface area contributed by atoms with Gasteiger partial charge in [-0.25, -0.2) is 0 Å². The average Bonchev–Trinajstić information content (AvgIpc) is 2.30. The smallest absolute Gasteiger partial charge is 0.221 e. The third kappa shape index (κ3) is 6.17. The third-order valence-electron chi connectivity index (χ3n) is 3.28. The van der Waals surface area contributed by atoms with Gasteiger partial charge in [-0.05, 0) is 25.8 Å². The van der Waals surface area contributed by atoms with Crippen molar-refractivity contribution in [3.8, 4) is 0 Å². The number of carbonyl (C=O) groups excluding carboxylic acids is 1. The first-order chi connectivity index (χ1) is 8.09. The Kier molecular flexibility index (Phi) is 6.73. The largest absolute Gasteiger partial charge is 0.356 e. The van der Waals surface area contributed by atoms with Gasteiger partial charge in [0.15, 0.2) is 0 Å². The molecule has 3 atom stereocenters. The van der Waals surface area contributed by atoms with Crippen molar-refractivity contribution in [1.82, 2.24) is 10.6 Å². The van der Waals surface area contributed by atoms with Gasteiger partial charge in [0.25, 0.3) is 0 Å². The first-order valence-electron chi connectivity index (χ1n) is 6.42. The van der Waals surface area contributed by atoms with Crippen LogP contribution in [0.25, 0.3) is 0 Å². The lowest BCUT2D eigenvalue weighted by Crippen LogP contribution is -2.39. The van der Waals surface area contributed by atoms with Crippen molar-refractivity contribution in [3.63, 3.8) is 0 Å². The first-order valence-corrected chi connectivity index (χ1v) is 8.04. The van der Waals surface area contributed by atoms with Crippen LogP contribution in [0, 0.1) is 0 Å². The zero-order chi connectivity index (χ0) is 12.7. The van der Waals surface area contributed by atoms with Gasteiger partial charge in [0, 0.05) is 41.3 Å². The number of piperidine rings is 1. The molecule has 4 nitrogen and oxygen atoms in total. The van der Waals surface area contributed by atoms with E-state index in [4.69, 9.17) is 0 Å². The Bertz CT molecular complexity index is 265. The highest BCUT2D eigenvalue weighted by atomic mass is 32.2. The fourth-order valence-corrected chi connectivity index (χ4v) is 2.42. The van der Waals surface area contributed by atoms with Crippen molar-refractivity contribution in [3.05, 3.63) is 0 Å². The molecule has 0 aromatic carbocycles. The highest BCUT2D eigenvalue weighted by Crippen LogP contribution is 2.09. The molecule has 0 aliphatic carbocycles. The number of nitrogens with one attached hydrogen (secondary N) is 2. The van der Waals surface area contributed by atoms with E-state index in [1.54, 1.807) is 6.26 Å². The summed E-state index contributed by atoms with van der Waals surface area (Å²) < 4.78 is 11.1. The molecule has 0 radical (unpaired) electrons. The summed E-state index contributed by atoms with van der Waals surface area (Å²) in [5.74, 6) is 0.110. The van der Waals surface area contributed by atoms with E-state index in [1.807, 2.05) is 6.92 Å². The lowest BCUT2D eigenvalue weighted by atomic mass is 10.0. The summed E-state index contributed by atoms with van der Waals surface area (Å²) >= 11 is 0. The molecule has 100 valence electrons. The second-order valence-corrected chi connectivity index (χ2v) is 6.60. The van der Waals surface area contributed by atoms with Crippen LogP contribution in [0.5, 0.6) is 0 Å². The van der Waals surface area contributed by atoms with Crippen LogP contribution in [-0.2, 0) is 15.6 Å². The molecule has 1 rings (SSSR count). The van der Waals surface area contributed by atoms with E-state index >= 15 is 0 Å². The number of carbonyl (C=O) groups is 1. The van der Waals surface area contributed by atoms with Gasteiger partial charge in [0.1, 0.15) is 0 Å². The zero-order valence-corrected chi connectivity index (χ0v) is 11.6. The van der Waals surface area contributed by atoms with Crippen molar-refractivity contribution in [2.75, 3.05) is 19.3 Å². The van der Waals surface area contributed by atoms with Crippen molar-refractivity contribution < 1.29 is 9.00 Å². The Labute approximate surface area is 106 Å². The molecule has 0 saturated carbocycles. The summed E-state index contributed by atoms with van der Waals surface area (Å²) in [6.45, 7) is 3.61. The summed E-state index contributed by atoms with van der Waals surface area (Å²) in [7, 11) is -0.795. The van der Waals surface area contributed by atoms with Crippen LogP contribution >= 0.6 is 0 Å². The van der Waals surface area contributed by atoms with Gasteiger partial charge in [-0.15, -0.1) is 0 Å². The molecule has 1 aliphatic rings. The molecular weight excluding hydrogens is 236 g/mol. The normalized spacial score (nSPS) is 24.0. The minimum atomic E-state index is -0.795. The van der Waals surface area contributed by atoms with Gasteiger partial charge in [0.2, 0.25) is 5.91 Å². The summed E-state index contributed by atoms with van der Waals surface area (Å²) in [6, 6.07) is 0.349. The van der Waals surface area contributed by atoms with Crippen LogP contribution in [0.2, 0.25) is 0 Å². The maximum Gasteiger partial charge on any atom is 0.221 e. The van der Waals surface area contributed by atoms with Crippen molar-refractivity contribution >= 4 is 16.7 Å². The molecule has 3 unspecified atom stereocenters. The molecule has 1 heterocycles. The molecule has 1 aliphatic heterocycles. The Balaban J connectivity index is 2.10. The molecule has 1 saturated heterocycles. The summed E-state index contributed by atoms with van der Waals surface area (Å²) in [4.78, 5) is 11.6. The fraction of sp³-hybridized carbons (Fsp3) is 0.917. The highest BCUT2D eigenvalue weighted by molar-refractivity contribution is 7.84.